The Labute approximate surface area is 127 Å². The van der Waals surface area contributed by atoms with Crippen LogP contribution in [0.3, 0.4) is 0 Å². The van der Waals surface area contributed by atoms with Gasteiger partial charge in [-0.15, -0.1) is 0 Å². The van der Waals surface area contributed by atoms with E-state index in [1.165, 1.54) is 13.0 Å². The molecule has 0 aliphatic carbocycles. The number of nitro groups is 1. The van der Waals surface area contributed by atoms with Crippen molar-refractivity contribution in [3.05, 3.63) is 39.4 Å². The molecule has 0 fully saturated rings. The van der Waals surface area contributed by atoms with Crippen molar-refractivity contribution >= 4 is 11.7 Å². The first-order chi connectivity index (χ1) is 9.91. The van der Waals surface area contributed by atoms with Crippen molar-refractivity contribution in [2.45, 2.75) is 61.0 Å². The van der Waals surface area contributed by atoms with Crippen LogP contribution in [0.2, 0.25) is 0 Å². The molecule has 0 atom stereocenters. The van der Waals surface area contributed by atoms with Crippen LogP contribution in [0, 0.1) is 10.1 Å². The maximum Gasteiger partial charge on any atom is 0.302 e. The molecule has 0 amide bonds. The number of esters is 1. The first-order valence-corrected chi connectivity index (χ1v) is 7.32. The zero-order valence-electron chi connectivity index (χ0n) is 14.1. The molecule has 1 aromatic carbocycles. The van der Waals surface area contributed by atoms with E-state index < -0.39 is 10.9 Å². The number of rotatable bonds is 4. The van der Waals surface area contributed by atoms with Crippen molar-refractivity contribution in [2.75, 3.05) is 0 Å². The van der Waals surface area contributed by atoms with Crippen LogP contribution in [0.1, 0.15) is 65.5 Å². The summed E-state index contributed by atoms with van der Waals surface area (Å²) < 4.78 is 4.78. The molecule has 0 aliphatic rings. The topological polar surface area (TPSA) is 69.4 Å². The van der Waals surface area contributed by atoms with Crippen LogP contribution in [0.25, 0.3) is 0 Å². The molecule has 1 rings (SSSR count). The molecule has 120 valence electrons. The van der Waals surface area contributed by atoms with Crippen molar-refractivity contribution in [1.82, 2.24) is 0 Å². The van der Waals surface area contributed by atoms with Crippen LogP contribution < -0.4 is 0 Å². The third-order valence-corrected chi connectivity index (χ3v) is 2.40. The summed E-state index contributed by atoms with van der Waals surface area (Å²) in [5.74, 6) is -0.233. The Morgan fingerprint density at radius 1 is 1.24 bits per heavy atom. The van der Waals surface area contributed by atoms with Crippen LogP contribution in [-0.4, -0.2) is 10.9 Å². The van der Waals surface area contributed by atoms with E-state index in [4.69, 9.17) is 4.74 Å². The number of ether oxygens (including phenoxy) is 1. The lowest BCUT2D eigenvalue weighted by Crippen LogP contribution is -2.03. The lowest BCUT2D eigenvalue weighted by molar-refractivity contribution is -0.385. The molecule has 0 unspecified atom stereocenters. The number of carbonyl (C=O) groups excluding carboxylic acids is 1. The molecular weight excluding hydrogens is 270 g/mol. The highest BCUT2D eigenvalue weighted by Gasteiger charge is 2.16. The smallest absolute Gasteiger partial charge is 0.302 e. The van der Waals surface area contributed by atoms with Crippen LogP contribution >= 0.6 is 0 Å². The molecule has 1 aromatic rings. The summed E-state index contributed by atoms with van der Waals surface area (Å²) >= 11 is 0. The van der Waals surface area contributed by atoms with E-state index in [1.54, 1.807) is 6.07 Å². The average Bonchev–Trinajstić information content (AvgIpc) is 2.48. The van der Waals surface area contributed by atoms with Gasteiger partial charge in [-0.25, -0.2) is 0 Å². The lowest BCUT2D eigenvalue weighted by Gasteiger charge is -2.08. The van der Waals surface area contributed by atoms with Gasteiger partial charge in [-0.1, -0.05) is 47.6 Å². The monoisotopic (exact) mass is 297 g/mol. The highest BCUT2D eigenvalue weighted by molar-refractivity contribution is 5.66. The SMILES string of the molecule is CC.CC.CC(=O)OCc1ccc(C(C)C)cc1[N+](=O)[O-]. The van der Waals surface area contributed by atoms with Crippen molar-refractivity contribution in [3.63, 3.8) is 0 Å². The van der Waals surface area contributed by atoms with Gasteiger partial charge in [0.2, 0.25) is 0 Å². The van der Waals surface area contributed by atoms with E-state index >= 15 is 0 Å². The van der Waals surface area contributed by atoms with Crippen LogP contribution in [0.15, 0.2) is 18.2 Å². The normalized spacial score (nSPS) is 8.95. The largest absolute Gasteiger partial charge is 0.461 e. The number of nitrogens with zero attached hydrogens (tertiary/aromatic N) is 1. The summed E-state index contributed by atoms with van der Waals surface area (Å²) in [6.07, 6.45) is 0. The minimum atomic E-state index is -0.454. The molecule has 0 saturated carbocycles. The maximum absolute atomic E-state index is 10.9. The third kappa shape index (κ3) is 8.07. The van der Waals surface area contributed by atoms with Gasteiger partial charge >= 0.3 is 5.97 Å². The van der Waals surface area contributed by atoms with Crippen molar-refractivity contribution in [1.29, 1.82) is 0 Å². The number of hydrogen-bond acceptors (Lipinski definition) is 4. The Kier molecular flexibility index (Phi) is 12.1. The van der Waals surface area contributed by atoms with Crippen molar-refractivity contribution in [3.8, 4) is 0 Å². The first-order valence-electron chi connectivity index (χ1n) is 7.32. The summed E-state index contributed by atoms with van der Waals surface area (Å²) in [7, 11) is 0. The van der Waals surface area contributed by atoms with Gasteiger partial charge in [-0.3, -0.25) is 14.9 Å². The Balaban J connectivity index is 0. The van der Waals surface area contributed by atoms with Gasteiger partial charge < -0.3 is 4.74 Å². The minimum absolute atomic E-state index is 0.00236. The summed E-state index contributed by atoms with van der Waals surface area (Å²) in [6, 6.07) is 4.98. The lowest BCUT2D eigenvalue weighted by atomic mass is 10.0. The van der Waals surface area contributed by atoms with Gasteiger partial charge in [0.25, 0.3) is 5.69 Å². The fourth-order valence-corrected chi connectivity index (χ4v) is 1.41. The van der Waals surface area contributed by atoms with Gasteiger partial charge in [0.15, 0.2) is 0 Å². The molecule has 0 radical (unpaired) electrons. The number of hydrogen-bond donors (Lipinski definition) is 0. The van der Waals surface area contributed by atoms with E-state index in [0.717, 1.165) is 5.56 Å². The van der Waals surface area contributed by atoms with E-state index in [0.29, 0.717) is 5.56 Å². The molecule has 5 nitrogen and oxygen atoms in total. The van der Waals surface area contributed by atoms with E-state index in [9.17, 15) is 14.9 Å². The van der Waals surface area contributed by atoms with Gasteiger partial charge in [-0.2, -0.15) is 0 Å². The fourth-order valence-electron chi connectivity index (χ4n) is 1.41. The van der Waals surface area contributed by atoms with Gasteiger partial charge in [-0.05, 0) is 17.5 Å². The molecule has 0 N–H and O–H groups in total. The second kappa shape index (κ2) is 11.9. The van der Waals surface area contributed by atoms with Crippen molar-refractivity contribution in [2.24, 2.45) is 0 Å². The van der Waals surface area contributed by atoms with E-state index in [2.05, 4.69) is 0 Å². The summed E-state index contributed by atoms with van der Waals surface area (Å²) in [4.78, 5) is 21.1. The number of carbonyl (C=O) groups is 1. The number of nitro benzene ring substituents is 1. The first kappa shape index (κ1) is 21.4. The summed E-state index contributed by atoms with van der Waals surface area (Å²) in [5, 5.41) is 10.9. The van der Waals surface area contributed by atoms with Crippen molar-refractivity contribution < 1.29 is 14.5 Å². The highest BCUT2D eigenvalue weighted by Crippen LogP contribution is 2.25. The Hall–Kier alpha value is -1.91. The number of benzene rings is 1. The Morgan fingerprint density at radius 2 is 1.76 bits per heavy atom. The zero-order valence-corrected chi connectivity index (χ0v) is 14.1. The molecular formula is C16H27NO4. The molecule has 5 heteroatoms. The Morgan fingerprint density at radius 3 is 2.14 bits per heavy atom. The third-order valence-electron chi connectivity index (χ3n) is 2.40. The predicted molar refractivity (Wildman–Crippen MR) is 85.4 cm³/mol. The summed E-state index contributed by atoms with van der Waals surface area (Å²) in [6.45, 7) is 13.1. The molecule has 0 spiro atoms. The quantitative estimate of drug-likeness (QED) is 0.453. The molecule has 0 aliphatic heterocycles. The van der Waals surface area contributed by atoms with Gasteiger partial charge in [0, 0.05) is 13.0 Å². The maximum atomic E-state index is 10.9. The predicted octanol–water partition coefficient (Wildman–Crippen LogP) is 4.83. The Bertz CT molecular complexity index is 442. The standard InChI is InChI=1S/C12H15NO4.2C2H6/c1-8(2)10-4-5-11(7-17-9(3)14)12(6-10)13(15)16;2*1-2/h4-6,8H,7H2,1-3H3;2*1-2H3. The molecule has 0 aromatic heterocycles. The zero-order chi connectivity index (χ0) is 17.0. The minimum Gasteiger partial charge on any atom is -0.461 e. The fraction of sp³-hybridized carbons (Fsp3) is 0.562. The van der Waals surface area contributed by atoms with E-state index in [-0.39, 0.29) is 18.2 Å². The van der Waals surface area contributed by atoms with Crippen LogP contribution in [0.5, 0.6) is 0 Å². The second-order valence-corrected chi connectivity index (χ2v) is 4.08. The molecule has 0 saturated heterocycles. The molecule has 0 heterocycles. The second-order valence-electron chi connectivity index (χ2n) is 4.08. The molecule has 21 heavy (non-hydrogen) atoms. The highest BCUT2D eigenvalue weighted by atomic mass is 16.6. The molecule has 0 bridgehead atoms. The van der Waals surface area contributed by atoms with Gasteiger partial charge in [0.1, 0.15) is 6.61 Å². The average molecular weight is 297 g/mol. The van der Waals surface area contributed by atoms with E-state index in [1.807, 2.05) is 47.6 Å². The summed E-state index contributed by atoms with van der Waals surface area (Å²) in [5.41, 5.74) is 1.30. The van der Waals surface area contributed by atoms with Gasteiger partial charge in [0.05, 0.1) is 10.5 Å². The van der Waals surface area contributed by atoms with Crippen LogP contribution in [0.4, 0.5) is 5.69 Å². The van der Waals surface area contributed by atoms with Crippen LogP contribution in [-0.2, 0) is 16.1 Å².